The Labute approximate surface area is 167 Å². The number of ether oxygens (including phenoxy) is 1. The molecule has 0 saturated carbocycles. The Morgan fingerprint density at radius 2 is 1.68 bits per heavy atom. The van der Waals surface area contributed by atoms with Crippen LogP contribution in [-0.2, 0) is 11.3 Å². The summed E-state index contributed by atoms with van der Waals surface area (Å²) in [5, 5.41) is 5.17. The van der Waals surface area contributed by atoms with Gasteiger partial charge in [-0.2, -0.15) is 0 Å². The summed E-state index contributed by atoms with van der Waals surface area (Å²) in [4.78, 5) is 16.1. The number of hydrogen-bond donors (Lipinski definition) is 1. The predicted octanol–water partition coefficient (Wildman–Crippen LogP) is 6.30. The van der Waals surface area contributed by atoms with Crippen molar-refractivity contribution in [2.75, 3.05) is 5.32 Å². The van der Waals surface area contributed by atoms with Gasteiger partial charge in [0.05, 0.1) is 0 Å². The van der Waals surface area contributed by atoms with Crippen LogP contribution >= 0.6 is 11.6 Å². The molecule has 0 aliphatic carbocycles. The molecule has 0 unspecified atom stereocenters. The zero-order chi connectivity index (χ0) is 19.3. The fourth-order valence-corrected chi connectivity index (χ4v) is 3.25. The van der Waals surface area contributed by atoms with Gasteiger partial charge >= 0.3 is 6.09 Å². The number of aromatic nitrogens is 1. The minimum absolute atomic E-state index is 0.232. The molecule has 0 bridgehead atoms. The van der Waals surface area contributed by atoms with E-state index in [2.05, 4.69) is 10.3 Å². The average molecular weight is 389 g/mol. The molecule has 0 radical (unpaired) electrons. The molecule has 1 N–H and O–H groups in total. The van der Waals surface area contributed by atoms with Gasteiger partial charge in [-0.1, -0.05) is 72.3 Å². The number of anilines is 1. The Kier molecular flexibility index (Phi) is 5.22. The smallest absolute Gasteiger partial charge is 0.411 e. The van der Waals surface area contributed by atoms with Gasteiger partial charge in [0.15, 0.2) is 0 Å². The van der Waals surface area contributed by atoms with Crippen molar-refractivity contribution in [3.8, 4) is 11.1 Å². The van der Waals surface area contributed by atoms with Crippen molar-refractivity contribution < 1.29 is 9.53 Å². The lowest BCUT2D eigenvalue weighted by atomic mass is 9.99. The maximum Gasteiger partial charge on any atom is 0.411 e. The zero-order valence-electron chi connectivity index (χ0n) is 14.9. The fraction of sp³-hybridized carbons (Fsp3) is 0.0435. The van der Waals surface area contributed by atoms with Crippen molar-refractivity contribution in [3.05, 3.63) is 95.8 Å². The Balaban J connectivity index is 1.47. The summed E-state index contributed by atoms with van der Waals surface area (Å²) in [7, 11) is 0. The third-order valence-electron chi connectivity index (χ3n) is 4.41. The molecule has 0 spiro atoms. The molecule has 1 aromatic heterocycles. The van der Waals surface area contributed by atoms with Crippen molar-refractivity contribution in [2.45, 2.75) is 6.61 Å². The zero-order valence-corrected chi connectivity index (χ0v) is 15.7. The lowest BCUT2D eigenvalue weighted by Gasteiger charge is -2.10. The van der Waals surface area contributed by atoms with Crippen molar-refractivity contribution in [3.63, 3.8) is 0 Å². The standard InChI is InChI=1S/C23H17ClN2O2/c24-22-21-8-4-7-19(20(21)13-14-25-22)17-9-11-18(12-10-17)26-23(27)28-15-16-5-2-1-3-6-16/h1-14H,15H2,(H,26,27). The van der Waals surface area contributed by atoms with E-state index in [1.54, 1.807) is 6.20 Å². The van der Waals surface area contributed by atoms with Gasteiger partial charge in [-0.3, -0.25) is 5.32 Å². The molecule has 1 heterocycles. The molecular formula is C23H17ClN2O2. The van der Waals surface area contributed by atoms with Crippen LogP contribution in [0.1, 0.15) is 5.56 Å². The van der Waals surface area contributed by atoms with Crippen LogP contribution in [0, 0.1) is 0 Å². The highest BCUT2D eigenvalue weighted by molar-refractivity contribution is 6.34. The summed E-state index contributed by atoms with van der Waals surface area (Å²) in [5.41, 5.74) is 3.69. The first-order valence-electron chi connectivity index (χ1n) is 8.82. The Hall–Kier alpha value is -3.37. The van der Waals surface area contributed by atoms with Crippen LogP contribution in [0.2, 0.25) is 5.15 Å². The summed E-state index contributed by atoms with van der Waals surface area (Å²) < 4.78 is 5.25. The Morgan fingerprint density at radius 1 is 0.893 bits per heavy atom. The third-order valence-corrected chi connectivity index (χ3v) is 4.71. The van der Waals surface area contributed by atoms with Crippen LogP contribution in [0.3, 0.4) is 0 Å². The lowest BCUT2D eigenvalue weighted by molar-refractivity contribution is 0.155. The minimum Gasteiger partial charge on any atom is -0.444 e. The number of rotatable bonds is 4. The molecule has 4 rings (SSSR count). The van der Waals surface area contributed by atoms with Crippen molar-refractivity contribution in [1.82, 2.24) is 4.98 Å². The summed E-state index contributed by atoms with van der Waals surface area (Å²) >= 11 is 6.20. The molecule has 138 valence electrons. The normalized spacial score (nSPS) is 10.6. The number of carbonyl (C=O) groups excluding carboxylic acids is 1. The molecule has 28 heavy (non-hydrogen) atoms. The largest absolute Gasteiger partial charge is 0.444 e. The topological polar surface area (TPSA) is 51.2 Å². The number of nitrogens with zero attached hydrogens (tertiary/aromatic N) is 1. The quantitative estimate of drug-likeness (QED) is 0.417. The van der Waals surface area contributed by atoms with Crippen LogP contribution in [0.5, 0.6) is 0 Å². The second-order valence-electron chi connectivity index (χ2n) is 6.27. The van der Waals surface area contributed by atoms with Crippen molar-refractivity contribution in [1.29, 1.82) is 0 Å². The second kappa shape index (κ2) is 8.11. The molecule has 1 amide bonds. The fourth-order valence-electron chi connectivity index (χ4n) is 3.03. The summed E-state index contributed by atoms with van der Waals surface area (Å²) in [6.07, 6.45) is 1.21. The SMILES string of the molecule is O=C(Nc1ccc(-c2cccc3c(Cl)nccc23)cc1)OCc1ccccc1. The summed E-state index contributed by atoms with van der Waals surface area (Å²) in [6, 6.07) is 25.1. The van der Waals surface area contributed by atoms with Gasteiger partial charge in [0.1, 0.15) is 11.8 Å². The highest BCUT2D eigenvalue weighted by Crippen LogP contribution is 2.31. The highest BCUT2D eigenvalue weighted by Gasteiger charge is 2.08. The van der Waals surface area contributed by atoms with E-state index in [9.17, 15) is 4.79 Å². The number of hydrogen-bond acceptors (Lipinski definition) is 3. The van der Waals surface area contributed by atoms with Crippen molar-refractivity contribution >= 4 is 34.2 Å². The number of nitrogens with one attached hydrogen (secondary N) is 1. The van der Waals surface area contributed by atoms with Crippen LogP contribution < -0.4 is 5.32 Å². The third kappa shape index (κ3) is 3.97. The molecule has 5 heteroatoms. The first-order chi connectivity index (χ1) is 13.7. The number of benzene rings is 3. The first-order valence-corrected chi connectivity index (χ1v) is 9.20. The van der Waals surface area contributed by atoms with Gasteiger partial charge in [-0.15, -0.1) is 0 Å². The molecule has 0 atom stereocenters. The summed E-state index contributed by atoms with van der Waals surface area (Å²) in [6.45, 7) is 0.232. The van der Waals surface area contributed by atoms with Gasteiger partial charge in [0, 0.05) is 17.3 Å². The second-order valence-corrected chi connectivity index (χ2v) is 6.62. The minimum atomic E-state index is -0.486. The van der Waals surface area contributed by atoms with E-state index < -0.39 is 6.09 Å². The molecule has 0 aliphatic heterocycles. The highest BCUT2D eigenvalue weighted by atomic mass is 35.5. The molecule has 4 nitrogen and oxygen atoms in total. The maximum atomic E-state index is 12.0. The average Bonchev–Trinajstić information content (AvgIpc) is 2.74. The van der Waals surface area contributed by atoms with E-state index in [1.807, 2.05) is 78.9 Å². The number of pyridine rings is 1. The molecule has 0 aliphatic rings. The number of fused-ring (bicyclic) bond motifs is 1. The van der Waals surface area contributed by atoms with E-state index in [1.165, 1.54) is 0 Å². The number of amides is 1. The monoisotopic (exact) mass is 388 g/mol. The lowest BCUT2D eigenvalue weighted by Crippen LogP contribution is -2.13. The molecule has 0 saturated heterocycles. The van der Waals surface area contributed by atoms with E-state index in [4.69, 9.17) is 16.3 Å². The van der Waals surface area contributed by atoms with Crippen LogP contribution in [0.4, 0.5) is 10.5 Å². The molecule has 4 aromatic rings. The molecule has 0 fully saturated rings. The van der Waals surface area contributed by atoms with Gasteiger partial charge in [0.25, 0.3) is 0 Å². The Morgan fingerprint density at radius 3 is 2.46 bits per heavy atom. The Bertz CT molecular complexity index is 1110. The number of carbonyl (C=O) groups is 1. The van der Waals surface area contributed by atoms with Gasteiger partial charge in [-0.05, 0) is 40.3 Å². The predicted molar refractivity (Wildman–Crippen MR) is 112 cm³/mol. The summed E-state index contributed by atoms with van der Waals surface area (Å²) in [5.74, 6) is 0. The van der Waals surface area contributed by atoms with E-state index in [-0.39, 0.29) is 6.61 Å². The van der Waals surface area contributed by atoms with Crippen molar-refractivity contribution in [2.24, 2.45) is 0 Å². The van der Waals surface area contributed by atoms with Crippen LogP contribution in [0.15, 0.2) is 85.1 Å². The van der Waals surface area contributed by atoms with Crippen LogP contribution in [0.25, 0.3) is 21.9 Å². The first kappa shape index (κ1) is 18.0. The maximum absolute atomic E-state index is 12.0. The van der Waals surface area contributed by atoms with Gasteiger partial charge in [-0.25, -0.2) is 9.78 Å². The van der Waals surface area contributed by atoms with E-state index >= 15 is 0 Å². The number of halogens is 1. The van der Waals surface area contributed by atoms with E-state index in [0.717, 1.165) is 27.5 Å². The van der Waals surface area contributed by atoms with Gasteiger partial charge in [0.2, 0.25) is 0 Å². The molecule has 3 aromatic carbocycles. The molecular weight excluding hydrogens is 372 g/mol. The van der Waals surface area contributed by atoms with Crippen LogP contribution in [-0.4, -0.2) is 11.1 Å². The van der Waals surface area contributed by atoms with E-state index in [0.29, 0.717) is 10.8 Å². The van der Waals surface area contributed by atoms with Gasteiger partial charge < -0.3 is 4.74 Å².